The van der Waals surface area contributed by atoms with Crippen molar-refractivity contribution in [2.45, 2.75) is 62.2 Å². The zero-order valence-corrected chi connectivity index (χ0v) is 22.4. The van der Waals surface area contributed by atoms with Gasteiger partial charge in [-0.1, -0.05) is 6.07 Å². The summed E-state index contributed by atoms with van der Waals surface area (Å²) >= 11 is 0. The molecule has 0 radical (unpaired) electrons. The summed E-state index contributed by atoms with van der Waals surface area (Å²) < 4.78 is 27.9. The van der Waals surface area contributed by atoms with Crippen molar-refractivity contribution in [3.8, 4) is 0 Å². The molecule has 2 aromatic heterocycles. The summed E-state index contributed by atoms with van der Waals surface area (Å²) in [4.78, 5) is 22.3. The fraction of sp³-hybridized carbons (Fsp3) is 0.414. The third-order valence-corrected chi connectivity index (χ3v) is 9.83. The molecule has 2 unspecified atom stereocenters. The van der Waals surface area contributed by atoms with Crippen molar-refractivity contribution in [2.75, 3.05) is 6.26 Å². The molecule has 6 nitrogen and oxygen atoms in total. The summed E-state index contributed by atoms with van der Waals surface area (Å²) in [5.41, 5.74) is 5.21. The maximum atomic E-state index is 13.8. The number of hydrogen-bond donors (Lipinski definition) is 1. The standard InChI is InChI=1S/C29H31FN4O2S/c1-17-7-19(11-33-24-6-5-21(30)9-25(24)37(4)36)22-10-26(34(3)27(35)23(22)8-17)29-14-28(15-29,16-29)20-12-31-18(2)32-13-20/h5-8,10,12-13,25,33H,9,11,14-16H2,1-4H3. The zero-order valence-electron chi connectivity index (χ0n) is 21.6. The van der Waals surface area contributed by atoms with Gasteiger partial charge < -0.3 is 9.88 Å². The van der Waals surface area contributed by atoms with E-state index in [1.54, 1.807) is 12.3 Å². The Labute approximate surface area is 218 Å². The molecule has 0 aliphatic heterocycles. The molecular weight excluding hydrogens is 487 g/mol. The summed E-state index contributed by atoms with van der Waals surface area (Å²) in [6, 6.07) is 6.26. The highest BCUT2D eigenvalue weighted by atomic mass is 32.2. The van der Waals surface area contributed by atoms with Crippen molar-refractivity contribution in [1.29, 1.82) is 0 Å². The van der Waals surface area contributed by atoms with Gasteiger partial charge in [0.2, 0.25) is 0 Å². The number of halogens is 1. The molecule has 192 valence electrons. The van der Waals surface area contributed by atoms with E-state index in [0.29, 0.717) is 11.9 Å². The molecule has 4 aliphatic rings. The first-order valence-corrected chi connectivity index (χ1v) is 14.3. The molecule has 2 atom stereocenters. The van der Waals surface area contributed by atoms with Crippen molar-refractivity contribution >= 4 is 21.6 Å². The highest BCUT2D eigenvalue weighted by molar-refractivity contribution is 7.85. The van der Waals surface area contributed by atoms with E-state index in [9.17, 15) is 13.4 Å². The summed E-state index contributed by atoms with van der Waals surface area (Å²) in [6.07, 6.45) is 11.8. The number of rotatable bonds is 6. The van der Waals surface area contributed by atoms with E-state index in [0.717, 1.165) is 53.0 Å². The first kappa shape index (κ1) is 24.2. The molecular formula is C29H31FN4O2S. The molecule has 4 aliphatic carbocycles. The van der Waals surface area contributed by atoms with E-state index in [2.05, 4.69) is 27.4 Å². The first-order valence-electron chi connectivity index (χ1n) is 12.7. The fourth-order valence-corrected chi connectivity index (χ4v) is 7.65. The molecule has 2 heterocycles. The maximum absolute atomic E-state index is 13.8. The van der Waals surface area contributed by atoms with Crippen molar-refractivity contribution < 1.29 is 8.60 Å². The summed E-state index contributed by atoms with van der Waals surface area (Å²) in [5.74, 6) is 0.522. The lowest BCUT2D eigenvalue weighted by Gasteiger charge is -2.71. The molecule has 3 aromatic rings. The predicted molar refractivity (Wildman–Crippen MR) is 144 cm³/mol. The SMILES string of the molecule is Cc1cc(CNC2=CC=C(F)CC2S(C)=O)c2cc(C34CC(c5cnc(C)nc5)(C3)C4)n(C)c(=O)c2c1. The topological polar surface area (TPSA) is 76.9 Å². The Morgan fingerprint density at radius 3 is 2.46 bits per heavy atom. The Bertz CT molecular complexity index is 1570. The number of fused-ring (bicyclic) bond motifs is 1. The van der Waals surface area contributed by atoms with Crippen LogP contribution in [-0.4, -0.2) is 30.2 Å². The largest absolute Gasteiger partial charge is 0.383 e. The number of benzene rings is 1. The van der Waals surface area contributed by atoms with Crippen LogP contribution in [0.3, 0.4) is 0 Å². The van der Waals surface area contributed by atoms with Crippen LogP contribution in [0.5, 0.6) is 0 Å². The maximum Gasteiger partial charge on any atom is 0.258 e. The van der Waals surface area contributed by atoms with Gasteiger partial charge in [-0.3, -0.25) is 9.00 Å². The van der Waals surface area contributed by atoms with Crippen LogP contribution in [0, 0.1) is 13.8 Å². The van der Waals surface area contributed by atoms with Crippen LogP contribution < -0.4 is 10.9 Å². The van der Waals surface area contributed by atoms with Crippen molar-refractivity contribution in [2.24, 2.45) is 7.05 Å². The Balaban J connectivity index is 1.34. The van der Waals surface area contributed by atoms with Crippen LogP contribution in [-0.2, 0) is 35.2 Å². The van der Waals surface area contributed by atoms with Crippen molar-refractivity contribution in [3.63, 3.8) is 0 Å². The van der Waals surface area contributed by atoms with Crippen LogP contribution in [0.15, 0.2) is 59.1 Å². The Morgan fingerprint density at radius 2 is 1.78 bits per heavy atom. The number of aromatic nitrogens is 3. The van der Waals surface area contributed by atoms with Gasteiger partial charge in [0.1, 0.15) is 11.7 Å². The second-order valence-corrected chi connectivity index (χ2v) is 12.7. The monoisotopic (exact) mass is 518 g/mol. The van der Waals surface area contributed by atoms with E-state index in [-0.39, 0.29) is 28.6 Å². The van der Waals surface area contributed by atoms with Gasteiger partial charge in [-0.15, -0.1) is 0 Å². The van der Waals surface area contributed by atoms with E-state index >= 15 is 0 Å². The fourth-order valence-electron chi connectivity index (χ4n) is 6.74. The van der Waals surface area contributed by atoms with Crippen molar-refractivity contribution in [1.82, 2.24) is 19.9 Å². The molecule has 3 fully saturated rings. The van der Waals surface area contributed by atoms with Crippen LogP contribution >= 0.6 is 0 Å². The van der Waals surface area contributed by atoms with E-state index in [1.165, 1.54) is 11.6 Å². The molecule has 3 saturated carbocycles. The van der Waals surface area contributed by atoms with Gasteiger partial charge in [0.05, 0.1) is 5.25 Å². The van der Waals surface area contributed by atoms with Gasteiger partial charge in [0.25, 0.3) is 5.56 Å². The molecule has 1 aromatic carbocycles. The number of pyridine rings is 1. The zero-order chi connectivity index (χ0) is 26.1. The minimum absolute atomic E-state index is 0.000987. The van der Waals surface area contributed by atoms with Gasteiger partial charge in [-0.05, 0) is 79.5 Å². The normalized spacial score (nSPS) is 27.1. The third-order valence-electron chi connectivity index (χ3n) is 8.61. The molecule has 1 N–H and O–H groups in total. The molecule has 8 heteroatoms. The van der Waals surface area contributed by atoms with Gasteiger partial charge in [-0.2, -0.15) is 0 Å². The van der Waals surface area contributed by atoms with Crippen LogP contribution in [0.1, 0.15) is 53.9 Å². The Kier molecular flexibility index (Phi) is 5.53. The first-order chi connectivity index (χ1) is 17.6. The summed E-state index contributed by atoms with van der Waals surface area (Å²) in [5, 5.41) is 4.66. The molecule has 7 rings (SSSR count). The average Bonchev–Trinajstić information content (AvgIpc) is 2.81. The Morgan fingerprint density at radius 1 is 1.08 bits per heavy atom. The highest BCUT2D eigenvalue weighted by Gasteiger charge is 2.69. The van der Waals surface area contributed by atoms with E-state index in [4.69, 9.17) is 0 Å². The lowest BCUT2D eigenvalue weighted by Crippen LogP contribution is -2.68. The van der Waals surface area contributed by atoms with E-state index < -0.39 is 16.0 Å². The smallest absolute Gasteiger partial charge is 0.258 e. The minimum atomic E-state index is -1.20. The van der Waals surface area contributed by atoms with Crippen LogP contribution in [0.2, 0.25) is 0 Å². The predicted octanol–water partition coefficient (Wildman–Crippen LogP) is 4.30. The number of nitrogens with one attached hydrogen (secondary N) is 1. The summed E-state index contributed by atoms with van der Waals surface area (Å²) in [6.45, 7) is 4.36. The molecule has 2 bridgehead atoms. The number of aryl methyl sites for hydroxylation is 2. The quantitative estimate of drug-likeness (QED) is 0.527. The minimum Gasteiger partial charge on any atom is -0.383 e. The van der Waals surface area contributed by atoms with Crippen LogP contribution in [0.4, 0.5) is 4.39 Å². The number of nitrogens with zero attached hydrogens (tertiary/aromatic N) is 3. The van der Waals surface area contributed by atoms with Crippen LogP contribution in [0.25, 0.3) is 10.8 Å². The lowest BCUT2D eigenvalue weighted by atomic mass is 9.33. The second-order valence-electron chi connectivity index (χ2n) is 11.2. The lowest BCUT2D eigenvalue weighted by molar-refractivity contribution is -0.0749. The average molecular weight is 519 g/mol. The van der Waals surface area contributed by atoms with Gasteiger partial charge >= 0.3 is 0 Å². The molecule has 0 saturated heterocycles. The summed E-state index contributed by atoms with van der Waals surface area (Å²) in [7, 11) is 0.685. The number of hydrogen-bond acceptors (Lipinski definition) is 5. The molecule has 0 amide bonds. The molecule has 37 heavy (non-hydrogen) atoms. The highest BCUT2D eigenvalue weighted by Crippen LogP contribution is 2.73. The second kappa shape index (κ2) is 8.45. The van der Waals surface area contributed by atoms with Crippen molar-refractivity contribution in [3.05, 3.63) is 92.8 Å². The van der Waals surface area contributed by atoms with Gasteiger partial charge in [0, 0.05) is 77.1 Å². The van der Waals surface area contributed by atoms with Gasteiger partial charge in [-0.25, -0.2) is 14.4 Å². The number of allylic oxidation sites excluding steroid dienone is 3. The van der Waals surface area contributed by atoms with Gasteiger partial charge in [0.15, 0.2) is 0 Å². The molecule has 0 spiro atoms. The third kappa shape index (κ3) is 3.79. The van der Waals surface area contributed by atoms with E-state index in [1.807, 2.05) is 43.9 Å². The Hall–Kier alpha value is -3.13.